The van der Waals surface area contributed by atoms with E-state index in [1.807, 2.05) is 0 Å². The largest absolute Gasteiger partial charge is 0.505 e. The quantitative estimate of drug-likeness (QED) is 0.421. The average molecular weight is 168 g/mol. The van der Waals surface area contributed by atoms with Gasteiger partial charge >= 0.3 is 0 Å². The van der Waals surface area contributed by atoms with Crippen LogP contribution in [0.4, 0.5) is 0 Å². The molecule has 0 spiro atoms. The van der Waals surface area contributed by atoms with Crippen molar-refractivity contribution in [3.8, 4) is 5.75 Å². The van der Waals surface area contributed by atoms with E-state index in [0.29, 0.717) is 5.16 Å². The Hall–Kier alpha value is -1.03. The van der Waals surface area contributed by atoms with E-state index in [1.165, 1.54) is 24.2 Å². The maximum absolute atomic E-state index is 8.83. The molecule has 0 radical (unpaired) electrons. The summed E-state index contributed by atoms with van der Waals surface area (Å²) in [6, 6.07) is 0. The molecule has 1 aromatic heterocycles. The summed E-state index contributed by atoms with van der Waals surface area (Å²) in [4.78, 5) is 7.74. The van der Waals surface area contributed by atoms with Crippen LogP contribution in [0.3, 0.4) is 0 Å². The number of aromatic hydroxyl groups is 1. The van der Waals surface area contributed by atoms with E-state index in [9.17, 15) is 0 Å². The summed E-state index contributed by atoms with van der Waals surface area (Å²) in [5.41, 5.74) is 0. The zero-order chi connectivity index (χ0) is 8.10. The minimum absolute atomic E-state index is 0.0907. The van der Waals surface area contributed by atoms with Crippen molar-refractivity contribution >= 4 is 11.8 Å². The van der Waals surface area contributed by atoms with Crippen molar-refractivity contribution < 1.29 is 5.11 Å². The lowest BCUT2D eigenvalue weighted by Crippen LogP contribution is -1.84. The summed E-state index contributed by atoms with van der Waals surface area (Å²) in [6.07, 6.45) is 4.53. The molecule has 0 amide bonds. The van der Waals surface area contributed by atoms with Gasteiger partial charge in [-0.1, -0.05) is 17.8 Å². The highest BCUT2D eigenvalue weighted by atomic mass is 32.2. The smallest absolute Gasteiger partial charge is 0.188 e. The Morgan fingerprint density at radius 3 is 2.73 bits per heavy atom. The van der Waals surface area contributed by atoms with Gasteiger partial charge in [-0.2, -0.15) is 0 Å². The van der Waals surface area contributed by atoms with Gasteiger partial charge in [0, 0.05) is 5.75 Å². The van der Waals surface area contributed by atoms with Gasteiger partial charge in [-0.25, -0.2) is 9.97 Å². The molecule has 0 saturated carbocycles. The molecule has 0 bridgehead atoms. The van der Waals surface area contributed by atoms with Crippen LogP contribution in [0.5, 0.6) is 5.75 Å². The molecule has 4 heteroatoms. The Labute approximate surface area is 69.2 Å². The summed E-state index contributed by atoms with van der Waals surface area (Å²) in [7, 11) is 0. The lowest BCUT2D eigenvalue weighted by atomic mass is 10.6. The van der Waals surface area contributed by atoms with Gasteiger partial charge in [0.15, 0.2) is 10.9 Å². The van der Waals surface area contributed by atoms with E-state index in [4.69, 9.17) is 5.11 Å². The normalized spacial score (nSPS) is 9.45. The third-order valence-corrected chi connectivity index (χ3v) is 1.82. The van der Waals surface area contributed by atoms with Crippen molar-refractivity contribution in [3.63, 3.8) is 0 Å². The lowest BCUT2D eigenvalue weighted by Gasteiger charge is -1.94. The summed E-state index contributed by atoms with van der Waals surface area (Å²) < 4.78 is 0. The highest BCUT2D eigenvalue weighted by Gasteiger charge is 1.94. The Morgan fingerprint density at radius 1 is 1.55 bits per heavy atom. The van der Waals surface area contributed by atoms with Crippen molar-refractivity contribution in [2.24, 2.45) is 0 Å². The molecule has 1 aromatic rings. The molecule has 58 valence electrons. The van der Waals surface area contributed by atoms with Crippen molar-refractivity contribution in [2.45, 2.75) is 5.16 Å². The number of hydrogen-bond donors (Lipinski definition) is 1. The second-order valence-electron chi connectivity index (χ2n) is 1.82. The molecule has 0 saturated heterocycles. The van der Waals surface area contributed by atoms with Crippen molar-refractivity contribution in [1.82, 2.24) is 9.97 Å². The van der Waals surface area contributed by atoms with Crippen molar-refractivity contribution in [1.29, 1.82) is 0 Å². The van der Waals surface area contributed by atoms with Gasteiger partial charge in [0.1, 0.15) is 0 Å². The van der Waals surface area contributed by atoms with Crippen LogP contribution in [0.25, 0.3) is 0 Å². The maximum Gasteiger partial charge on any atom is 0.188 e. The number of thioether (sulfide) groups is 1. The van der Waals surface area contributed by atoms with Crippen LogP contribution in [0.1, 0.15) is 0 Å². The van der Waals surface area contributed by atoms with Crippen LogP contribution in [-0.4, -0.2) is 20.8 Å². The molecule has 0 aliphatic heterocycles. The molecule has 1 heterocycles. The maximum atomic E-state index is 8.83. The first-order chi connectivity index (χ1) is 5.33. The highest BCUT2D eigenvalue weighted by molar-refractivity contribution is 7.99. The molecule has 0 aromatic carbocycles. The molecule has 1 rings (SSSR count). The van der Waals surface area contributed by atoms with Gasteiger partial charge in [-0.15, -0.1) is 6.58 Å². The summed E-state index contributed by atoms with van der Waals surface area (Å²) in [5, 5.41) is 9.48. The molecule has 11 heavy (non-hydrogen) atoms. The van der Waals surface area contributed by atoms with E-state index < -0.39 is 0 Å². The van der Waals surface area contributed by atoms with Crippen LogP contribution in [-0.2, 0) is 0 Å². The summed E-state index contributed by atoms with van der Waals surface area (Å²) >= 11 is 1.48. The van der Waals surface area contributed by atoms with Gasteiger partial charge < -0.3 is 5.11 Å². The minimum Gasteiger partial charge on any atom is -0.505 e. The lowest BCUT2D eigenvalue weighted by molar-refractivity contribution is 0.467. The first-order valence-corrected chi connectivity index (χ1v) is 4.06. The standard InChI is InChI=1S/C7H8N2OS/c1-2-3-11-7-8-4-6(10)5-9-7/h2,4-5,10H,1,3H2. The zero-order valence-corrected chi connectivity index (χ0v) is 6.71. The monoisotopic (exact) mass is 168 g/mol. The van der Waals surface area contributed by atoms with Gasteiger partial charge in [-0.3, -0.25) is 0 Å². The zero-order valence-electron chi connectivity index (χ0n) is 5.90. The van der Waals surface area contributed by atoms with E-state index in [0.717, 1.165) is 5.75 Å². The molecule has 1 N–H and O–H groups in total. The fraction of sp³-hybridized carbons (Fsp3) is 0.143. The number of aromatic nitrogens is 2. The highest BCUT2D eigenvalue weighted by Crippen LogP contribution is 2.13. The van der Waals surface area contributed by atoms with Crippen LogP contribution >= 0.6 is 11.8 Å². The molecular weight excluding hydrogens is 160 g/mol. The second kappa shape index (κ2) is 3.98. The molecule has 0 aliphatic carbocycles. The molecule has 0 aliphatic rings. The second-order valence-corrected chi connectivity index (χ2v) is 2.81. The third-order valence-electron chi connectivity index (χ3n) is 0.945. The molecule has 0 atom stereocenters. The number of rotatable bonds is 3. The molecule has 0 fully saturated rings. The Morgan fingerprint density at radius 2 is 2.18 bits per heavy atom. The van der Waals surface area contributed by atoms with Crippen molar-refractivity contribution in [2.75, 3.05) is 5.75 Å². The number of nitrogens with zero attached hydrogens (tertiary/aromatic N) is 2. The summed E-state index contributed by atoms with van der Waals surface area (Å²) in [5.74, 6) is 0.873. The third kappa shape index (κ3) is 2.59. The van der Waals surface area contributed by atoms with Crippen molar-refractivity contribution in [3.05, 3.63) is 25.0 Å². The van der Waals surface area contributed by atoms with Gasteiger partial charge in [0.05, 0.1) is 12.4 Å². The van der Waals surface area contributed by atoms with Gasteiger partial charge in [0.2, 0.25) is 0 Å². The predicted octanol–water partition coefficient (Wildman–Crippen LogP) is 1.46. The Bertz CT molecular complexity index is 235. The van der Waals surface area contributed by atoms with Gasteiger partial charge in [0.25, 0.3) is 0 Å². The van der Waals surface area contributed by atoms with Crippen LogP contribution in [0.2, 0.25) is 0 Å². The fourth-order valence-corrected chi connectivity index (χ4v) is 1.04. The Balaban J connectivity index is 2.58. The SMILES string of the molecule is C=CCSc1ncc(O)cn1. The van der Waals surface area contributed by atoms with E-state index in [1.54, 1.807) is 6.08 Å². The first kappa shape index (κ1) is 8.07. The van der Waals surface area contributed by atoms with E-state index >= 15 is 0 Å². The predicted molar refractivity (Wildman–Crippen MR) is 44.6 cm³/mol. The molecular formula is C7H8N2OS. The molecule has 3 nitrogen and oxygen atoms in total. The fourth-order valence-electron chi connectivity index (χ4n) is 0.517. The first-order valence-electron chi connectivity index (χ1n) is 3.07. The van der Waals surface area contributed by atoms with Crippen LogP contribution < -0.4 is 0 Å². The Kier molecular flexibility index (Phi) is 2.92. The summed E-state index contributed by atoms with van der Waals surface area (Å²) in [6.45, 7) is 3.57. The average Bonchev–Trinajstić information content (AvgIpc) is 2.04. The van der Waals surface area contributed by atoms with Crippen LogP contribution in [0.15, 0.2) is 30.2 Å². The van der Waals surface area contributed by atoms with Crippen LogP contribution in [0, 0.1) is 0 Å². The molecule has 0 unspecified atom stereocenters. The number of hydrogen-bond acceptors (Lipinski definition) is 4. The minimum atomic E-state index is 0.0907. The van der Waals surface area contributed by atoms with E-state index in [2.05, 4.69) is 16.5 Å². The van der Waals surface area contributed by atoms with Gasteiger partial charge in [-0.05, 0) is 0 Å². The topological polar surface area (TPSA) is 46.0 Å². The van der Waals surface area contributed by atoms with E-state index in [-0.39, 0.29) is 5.75 Å².